The lowest BCUT2D eigenvalue weighted by Crippen LogP contribution is -2.32. The van der Waals surface area contributed by atoms with Crippen LogP contribution in [0, 0.1) is 0 Å². The number of nitrogens with one attached hydrogen (secondary N) is 1. The van der Waals surface area contributed by atoms with Crippen LogP contribution < -0.4 is 9.80 Å². The predicted molar refractivity (Wildman–Crippen MR) is 107 cm³/mol. The Hall–Kier alpha value is -3.20. The Labute approximate surface area is 162 Å². The summed E-state index contributed by atoms with van der Waals surface area (Å²) in [6.07, 6.45) is 2.57. The summed E-state index contributed by atoms with van der Waals surface area (Å²) in [4.78, 5) is 21.6. The van der Waals surface area contributed by atoms with Crippen molar-refractivity contribution in [3.05, 3.63) is 42.4 Å². The maximum absolute atomic E-state index is 5.27. The summed E-state index contributed by atoms with van der Waals surface area (Å²) in [6, 6.07) is 10.2. The second kappa shape index (κ2) is 7.08. The molecule has 0 saturated carbocycles. The molecule has 1 saturated heterocycles. The fourth-order valence-corrected chi connectivity index (χ4v) is 3.74. The molecule has 0 aliphatic carbocycles. The molecule has 9 nitrogen and oxygen atoms in total. The number of imidazole rings is 1. The van der Waals surface area contributed by atoms with Gasteiger partial charge >= 0.3 is 0 Å². The SMILES string of the molecule is COCc1cc(N2CCCN(c3nc4ccccc4[nH]3)CC2)n2ncnc2n1. The van der Waals surface area contributed by atoms with Crippen molar-refractivity contribution in [2.45, 2.75) is 13.0 Å². The Morgan fingerprint density at radius 3 is 2.82 bits per heavy atom. The first-order chi connectivity index (χ1) is 13.8. The summed E-state index contributed by atoms with van der Waals surface area (Å²) in [7, 11) is 1.67. The molecule has 4 aromatic rings. The molecule has 1 N–H and O–H groups in total. The standard InChI is InChI=1S/C19H22N8O/c1-28-12-14-11-17(27-18(22-14)20-13-21-27)25-7-4-8-26(10-9-25)19-23-15-5-2-3-6-16(15)24-19/h2-3,5-6,11,13H,4,7-10,12H2,1H3,(H,23,24). The molecule has 0 atom stereocenters. The molecule has 1 aliphatic rings. The average molecular weight is 378 g/mol. The first-order valence-electron chi connectivity index (χ1n) is 9.45. The van der Waals surface area contributed by atoms with Gasteiger partial charge in [0.15, 0.2) is 0 Å². The molecule has 4 heterocycles. The van der Waals surface area contributed by atoms with Crippen molar-refractivity contribution in [2.75, 3.05) is 43.1 Å². The third-order valence-electron chi connectivity index (χ3n) is 5.07. The minimum absolute atomic E-state index is 0.454. The van der Waals surface area contributed by atoms with Crippen molar-refractivity contribution in [3.8, 4) is 0 Å². The van der Waals surface area contributed by atoms with E-state index in [2.05, 4.69) is 35.9 Å². The van der Waals surface area contributed by atoms with Crippen LogP contribution >= 0.6 is 0 Å². The number of para-hydroxylation sites is 2. The van der Waals surface area contributed by atoms with E-state index in [9.17, 15) is 0 Å². The number of methoxy groups -OCH3 is 1. The van der Waals surface area contributed by atoms with Gasteiger partial charge in [-0.1, -0.05) is 12.1 Å². The van der Waals surface area contributed by atoms with Gasteiger partial charge in [-0.25, -0.2) is 9.97 Å². The van der Waals surface area contributed by atoms with E-state index in [0.29, 0.717) is 12.4 Å². The number of aromatic amines is 1. The Morgan fingerprint density at radius 1 is 1.07 bits per heavy atom. The average Bonchev–Trinajstić information content (AvgIpc) is 3.28. The number of aromatic nitrogens is 6. The van der Waals surface area contributed by atoms with Gasteiger partial charge in [-0.15, -0.1) is 0 Å². The second-order valence-electron chi connectivity index (χ2n) is 6.92. The highest BCUT2D eigenvalue weighted by Crippen LogP contribution is 2.22. The van der Waals surface area contributed by atoms with Gasteiger partial charge in [0, 0.05) is 39.4 Å². The van der Waals surface area contributed by atoms with Gasteiger partial charge in [0.05, 0.1) is 23.3 Å². The van der Waals surface area contributed by atoms with E-state index in [1.165, 1.54) is 0 Å². The van der Waals surface area contributed by atoms with E-state index in [0.717, 1.165) is 61.1 Å². The van der Waals surface area contributed by atoms with E-state index in [-0.39, 0.29) is 0 Å². The van der Waals surface area contributed by atoms with Crippen LogP contribution in [0.5, 0.6) is 0 Å². The van der Waals surface area contributed by atoms with Gasteiger partial charge in [-0.3, -0.25) is 0 Å². The van der Waals surface area contributed by atoms with Crippen molar-refractivity contribution < 1.29 is 4.74 Å². The Kier molecular flexibility index (Phi) is 4.28. The van der Waals surface area contributed by atoms with E-state index < -0.39 is 0 Å². The minimum atomic E-state index is 0.454. The Balaban J connectivity index is 1.41. The molecule has 0 bridgehead atoms. The second-order valence-corrected chi connectivity index (χ2v) is 6.92. The van der Waals surface area contributed by atoms with E-state index in [1.54, 1.807) is 18.0 Å². The van der Waals surface area contributed by atoms with Crippen LogP contribution in [-0.2, 0) is 11.3 Å². The maximum Gasteiger partial charge on any atom is 0.254 e. The number of rotatable bonds is 4. The van der Waals surface area contributed by atoms with Crippen LogP contribution in [-0.4, -0.2) is 62.8 Å². The molecule has 144 valence electrons. The van der Waals surface area contributed by atoms with E-state index in [1.807, 2.05) is 24.3 Å². The van der Waals surface area contributed by atoms with Gasteiger partial charge in [0.1, 0.15) is 12.1 Å². The number of anilines is 2. The molecular weight excluding hydrogens is 356 g/mol. The number of benzene rings is 1. The molecule has 9 heteroatoms. The largest absolute Gasteiger partial charge is 0.378 e. The molecular formula is C19H22N8O. The van der Waals surface area contributed by atoms with Crippen LogP contribution in [0.15, 0.2) is 36.7 Å². The van der Waals surface area contributed by atoms with Crippen molar-refractivity contribution in [1.82, 2.24) is 29.5 Å². The molecule has 0 unspecified atom stereocenters. The molecule has 5 rings (SSSR count). The van der Waals surface area contributed by atoms with Gasteiger partial charge in [0.25, 0.3) is 5.78 Å². The summed E-state index contributed by atoms with van der Waals surface area (Å²) in [5.41, 5.74) is 2.93. The van der Waals surface area contributed by atoms with Crippen molar-refractivity contribution in [1.29, 1.82) is 0 Å². The van der Waals surface area contributed by atoms with Crippen molar-refractivity contribution in [2.24, 2.45) is 0 Å². The molecule has 0 amide bonds. The first-order valence-corrected chi connectivity index (χ1v) is 9.45. The van der Waals surface area contributed by atoms with Crippen molar-refractivity contribution >= 4 is 28.6 Å². The highest BCUT2D eigenvalue weighted by molar-refractivity contribution is 5.77. The van der Waals surface area contributed by atoms with Gasteiger partial charge < -0.3 is 19.5 Å². The van der Waals surface area contributed by atoms with Crippen molar-refractivity contribution in [3.63, 3.8) is 0 Å². The molecule has 0 spiro atoms. The van der Waals surface area contributed by atoms with E-state index >= 15 is 0 Å². The number of hydrogen-bond acceptors (Lipinski definition) is 7. The summed E-state index contributed by atoms with van der Waals surface area (Å²) in [5.74, 6) is 2.53. The molecule has 1 aromatic carbocycles. The summed E-state index contributed by atoms with van der Waals surface area (Å²) in [6.45, 7) is 4.07. The number of nitrogens with zero attached hydrogens (tertiary/aromatic N) is 7. The first kappa shape index (κ1) is 16.9. The third-order valence-corrected chi connectivity index (χ3v) is 5.07. The summed E-state index contributed by atoms with van der Waals surface area (Å²) in [5, 5.41) is 4.36. The van der Waals surface area contributed by atoms with Crippen LogP contribution in [0.1, 0.15) is 12.1 Å². The quantitative estimate of drug-likeness (QED) is 0.580. The number of ether oxygens (including phenoxy) is 1. The molecule has 1 fully saturated rings. The van der Waals surface area contributed by atoms with Gasteiger partial charge in [0.2, 0.25) is 5.95 Å². The lowest BCUT2D eigenvalue weighted by atomic mass is 10.3. The zero-order valence-corrected chi connectivity index (χ0v) is 15.7. The number of hydrogen-bond donors (Lipinski definition) is 1. The monoisotopic (exact) mass is 378 g/mol. The minimum Gasteiger partial charge on any atom is -0.378 e. The smallest absolute Gasteiger partial charge is 0.254 e. The van der Waals surface area contributed by atoms with E-state index in [4.69, 9.17) is 9.72 Å². The lowest BCUT2D eigenvalue weighted by molar-refractivity contribution is 0.181. The zero-order valence-electron chi connectivity index (χ0n) is 15.7. The Bertz CT molecular complexity index is 1070. The Morgan fingerprint density at radius 2 is 1.93 bits per heavy atom. The van der Waals surface area contributed by atoms with Crippen LogP contribution in [0.3, 0.4) is 0 Å². The van der Waals surface area contributed by atoms with Crippen LogP contribution in [0.25, 0.3) is 16.8 Å². The van der Waals surface area contributed by atoms with Crippen LogP contribution in [0.2, 0.25) is 0 Å². The topological polar surface area (TPSA) is 87.5 Å². The summed E-state index contributed by atoms with van der Waals surface area (Å²) >= 11 is 0. The highest BCUT2D eigenvalue weighted by Gasteiger charge is 2.21. The number of fused-ring (bicyclic) bond motifs is 2. The normalized spacial score (nSPS) is 15.5. The molecule has 28 heavy (non-hydrogen) atoms. The predicted octanol–water partition coefficient (Wildman–Crippen LogP) is 1.86. The zero-order chi connectivity index (χ0) is 18.9. The van der Waals surface area contributed by atoms with Crippen LogP contribution in [0.4, 0.5) is 11.8 Å². The number of H-pyrrole nitrogens is 1. The molecule has 0 radical (unpaired) electrons. The third kappa shape index (κ3) is 3.03. The lowest BCUT2D eigenvalue weighted by Gasteiger charge is -2.24. The van der Waals surface area contributed by atoms with Gasteiger partial charge in [-0.2, -0.15) is 14.6 Å². The highest BCUT2D eigenvalue weighted by atomic mass is 16.5. The molecule has 3 aromatic heterocycles. The summed E-state index contributed by atoms with van der Waals surface area (Å²) < 4.78 is 7.07. The molecule has 1 aliphatic heterocycles. The maximum atomic E-state index is 5.27. The fraction of sp³-hybridized carbons (Fsp3) is 0.368. The van der Waals surface area contributed by atoms with Gasteiger partial charge in [-0.05, 0) is 18.6 Å². The fourth-order valence-electron chi connectivity index (χ4n) is 3.74.